The molecule has 0 unspecified atom stereocenters. The van der Waals surface area contributed by atoms with Crippen LogP contribution in [0.5, 0.6) is 0 Å². The SMILES string of the molecule is CC(C)(C)N(C(=O)O)[C@@H]1CCc2cc3c(N)ncnc3n2C1. The molecule has 2 aromatic rings. The third kappa shape index (κ3) is 2.26. The van der Waals surface area contributed by atoms with E-state index in [2.05, 4.69) is 14.5 Å². The van der Waals surface area contributed by atoms with Gasteiger partial charge in [0.25, 0.3) is 0 Å². The van der Waals surface area contributed by atoms with Crippen LogP contribution in [-0.4, -0.2) is 42.2 Å². The number of nitrogen functional groups attached to an aromatic ring is 1. The number of hydrogen-bond acceptors (Lipinski definition) is 4. The fourth-order valence-electron chi connectivity index (χ4n) is 3.36. The van der Waals surface area contributed by atoms with Crippen molar-refractivity contribution in [3.05, 3.63) is 18.1 Å². The monoisotopic (exact) mass is 303 g/mol. The van der Waals surface area contributed by atoms with Crippen molar-refractivity contribution in [2.24, 2.45) is 0 Å². The average Bonchev–Trinajstić information content (AvgIpc) is 2.76. The molecule has 7 nitrogen and oxygen atoms in total. The van der Waals surface area contributed by atoms with E-state index in [-0.39, 0.29) is 6.04 Å². The zero-order valence-electron chi connectivity index (χ0n) is 13.1. The van der Waals surface area contributed by atoms with Crippen molar-refractivity contribution in [3.8, 4) is 0 Å². The van der Waals surface area contributed by atoms with Gasteiger partial charge in [-0.15, -0.1) is 0 Å². The Morgan fingerprint density at radius 2 is 2.18 bits per heavy atom. The van der Waals surface area contributed by atoms with Gasteiger partial charge in [0.1, 0.15) is 17.8 Å². The maximum Gasteiger partial charge on any atom is 0.408 e. The molecule has 0 saturated heterocycles. The van der Waals surface area contributed by atoms with Gasteiger partial charge in [0.15, 0.2) is 0 Å². The number of nitrogens with zero attached hydrogens (tertiary/aromatic N) is 4. The number of hydrogen-bond donors (Lipinski definition) is 2. The molecule has 0 fully saturated rings. The summed E-state index contributed by atoms with van der Waals surface area (Å²) in [5.74, 6) is 0.467. The second-order valence-electron chi connectivity index (χ2n) is 6.76. The van der Waals surface area contributed by atoms with Crippen LogP contribution in [0.3, 0.4) is 0 Å². The standard InChI is InChI=1S/C15H21N5O2/c1-15(2,3)20(14(21)22)10-5-4-9-6-11-12(16)17-8-18-13(11)19(9)7-10/h6,8,10H,4-5,7H2,1-3H3,(H,21,22)(H2,16,17,18)/t10-/m1/s1. The summed E-state index contributed by atoms with van der Waals surface area (Å²) < 4.78 is 2.07. The van der Waals surface area contributed by atoms with Crippen molar-refractivity contribution in [3.63, 3.8) is 0 Å². The van der Waals surface area contributed by atoms with Gasteiger partial charge in [0.2, 0.25) is 0 Å². The predicted octanol–water partition coefficient (Wildman–Crippen LogP) is 2.11. The molecule has 3 heterocycles. The summed E-state index contributed by atoms with van der Waals surface area (Å²) in [5.41, 5.74) is 7.39. The van der Waals surface area contributed by atoms with E-state index < -0.39 is 11.6 Å². The van der Waals surface area contributed by atoms with Crippen molar-refractivity contribution in [1.29, 1.82) is 0 Å². The molecule has 1 aliphatic rings. The topological polar surface area (TPSA) is 97.3 Å². The molecule has 1 amide bonds. The maximum atomic E-state index is 11.7. The molecule has 1 aliphatic heterocycles. The van der Waals surface area contributed by atoms with Crippen LogP contribution in [0, 0.1) is 0 Å². The Bertz CT molecular complexity index is 731. The molecule has 118 valence electrons. The van der Waals surface area contributed by atoms with Crippen LogP contribution in [0.1, 0.15) is 32.9 Å². The predicted molar refractivity (Wildman–Crippen MR) is 83.7 cm³/mol. The van der Waals surface area contributed by atoms with E-state index in [4.69, 9.17) is 5.73 Å². The molecule has 0 radical (unpaired) electrons. The first-order valence-corrected chi connectivity index (χ1v) is 7.40. The van der Waals surface area contributed by atoms with Crippen LogP contribution >= 0.6 is 0 Å². The number of carbonyl (C=O) groups is 1. The normalized spacial score (nSPS) is 18.2. The molecule has 0 spiro atoms. The van der Waals surface area contributed by atoms with Gasteiger partial charge in [-0.3, -0.25) is 4.90 Å². The molecule has 0 aromatic carbocycles. The lowest BCUT2D eigenvalue weighted by Gasteiger charge is -2.41. The summed E-state index contributed by atoms with van der Waals surface area (Å²) in [6, 6.07) is 1.94. The van der Waals surface area contributed by atoms with Gasteiger partial charge < -0.3 is 15.4 Å². The van der Waals surface area contributed by atoms with Crippen molar-refractivity contribution in [1.82, 2.24) is 19.4 Å². The zero-order chi connectivity index (χ0) is 16.1. The third-order valence-corrected chi connectivity index (χ3v) is 4.23. The molecule has 2 aromatic heterocycles. The largest absolute Gasteiger partial charge is 0.465 e. The summed E-state index contributed by atoms with van der Waals surface area (Å²) in [7, 11) is 0. The zero-order valence-corrected chi connectivity index (χ0v) is 13.1. The van der Waals surface area contributed by atoms with E-state index in [0.29, 0.717) is 12.4 Å². The molecular formula is C15H21N5O2. The Balaban J connectivity index is 2.01. The number of anilines is 1. The molecule has 0 bridgehead atoms. The molecule has 0 saturated carbocycles. The Hall–Kier alpha value is -2.31. The number of rotatable bonds is 1. The van der Waals surface area contributed by atoms with Gasteiger partial charge in [-0.1, -0.05) is 0 Å². The Kier molecular flexibility index (Phi) is 3.23. The second-order valence-corrected chi connectivity index (χ2v) is 6.76. The molecule has 3 N–H and O–H groups in total. The van der Waals surface area contributed by atoms with Crippen molar-refractivity contribution >= 4 is 22.9 Å². The molecule has 3 rings (SSSR count). The summed E-state index contributed by atoms with van der Waals surface area (Å²) in [4.78, 5) is 21.6. The van der Waals surface area contributed by atoms with E-state index in [1.807, 2.05) is 26.8 Å². The average molecular weight is 303 g/mol. The Morgan fingerprint density at radius 1 is 1.45 bits per heavy atom. The molecule has 22 heavy (non-hydrogen) atoms. The fraction of sp³-hybridized carbons (Fsp3) is 0.533. The first kappa shape index (κ1) is 14.6. The van der Waals surface area contributed by atoms with E-state index >= 15 is 0 Å². The minimum atomic E-state index is -0.883. The maximum absolute atomic E-state index is 11.7. The van der Waals surface area contributed by atoms with Crippen LogP contribution in [0.25, 0.3) is 11.0 Å². The summed E-state index contributed by atoms with van der Waals surface area (Å²) in [6.45, 7) is 6.36. The molecule has 1 atom stereocenters. The van der Waals surface area contributed by atoms with Gasteiger partial charge in [0, 0.05) is 17.8 Å². The summed E-state index contributed by atoms with van der Waals surface area (Å²) in [6.07, 6.45) is 2.17. The van der Waals surface area contributed by atoms with E-state index in [1.54, 1.807) is 4.90 Å². The summed E-state index contributed by atoms with van der Waals surface area (Å²) in [5, 5.41) is 10.4. The van der Waals surface area contributed by atoms with Crippen molar-refractivity contribution in [2.45, 2.75) is 51.7 Å². The second kappa shape index (κ2) is 4.86. The minimum Gasteiger partial charge on any atom is -0.465 e. The number of fused-ring (bicyclic) bond motifs is 3. The van der Waals surface area contributed by atoms with Crippen LogP contribution in [-0.2, 0) is 13.0 Å². The van der Waals surface area contributed by atoms with Crippen LogP contribution in [0.15, 0.2) is 12.4 Å². The first-order valence-electron chi connectivity index (χ1n) is 7.40. The smallest absolute Gasteiger partial charge is 0.408 e. The lowest BCUT2D eigenvalue weighted by molar-refractivity contribution is 0.0575. The van der Waals surface area contributed by atoms with Gasteiger partial charge in [-0.25, -0.2) is 14.8 Å². The highest BCUT2D eigenvalue weighted by atomic mass is 16.4. The van der Waals surface area contributed by atoms with Crippen molar-refractivity contribution < 1.29 is 9.90 Å². The van der Waals surface area contributed by atoms with Gasteiger partial charge in [-0.2, -0.15) is 0 Å². The molecule has 0 aliphatic carbocycles. The quantitative estimate of drug-likeness (QED) is 0.841. The minimum absolute atomic E-state index is 0.0724. The lowest BCUT2D eigenvalue weighted by Crippen LogP contribution is -2.53. The Labute approximate surface area is 128 Å². The highest BCUT2D eigenvalue weighted by molar-refractivity contribution is 5.87. The van der Waals surface area contributed by atoms with Crippen molar-refractivity contribution in [2.75, 3.05) is 5.73 Å². The first-order chi connectivity index (χ1) is 10.3. The van der Waals surface area contributed by atoms with Crippen LogP contribution < -0.4 is 5.73 Å². The van der Waals surface area contributed by atoms with Gasteiger partial charge >= 0.3 is 6.09 Å². The summed E-state index contributed by atoms with van der Waals surface area (Å²) >= 11 is 0. The highest BCUT2D eigenvalue weighted by Gasteiger charge is 2.35. The fourth-order valence-corrected chi connectivity index (χ4v) is 3.36. The van der Waals surface area contributed by atoms with Gasteiger partial charge in [0.05, 0.1) is 11.4 Å². The van der Waals surface area contributed by atoms with E-state index in [9.17, 15) is 9.90 Å². The van der Waals surface area contributed by atoms with Gasteiger partial charge in [-0.05, 0) is 39.7 Å². The number of aromatic nitrogens is 3. The third-order valence-electron chi connectivity index (χ3n) is 4.23. The highest BCUT2D eigenvalue weighted by Crippen LogP contribution is 2.30. The lowest BCUT2D eigenvalue weighted by atomic mass is 9.98. The number of nitrogens with two attached hydrogens (primary N) is 1. The molecule has 7 heteroatoms. The van der Waals surface area contributed by atoms with E-state index in [1.165, 1.54) is 6.33 Å². The Morgan fingerprint density at radius 3 is 2.82 bits per heavy atom. The molecular weight excluding hydrogens is 282 g/mol. The van der Waals surface area contributed by atoms with Crippen LogP contribution in [0.2, 0.25) is 0 Å². The number of amides is 1. The number of aryl methyl sites for hydroxylation is 1. The van der Waals surface area contributed by atoms with E-state index in [0.717, 1.165) is 29.6 Å². The number of carboxylic acid groups (broad SMARTS) is 1. The van der Waals surface area contributed by atoms with Crippen LogP contribution in [0.4, 0.5) is 10.6 Å².